The van der Waals surface area contributed by atoms with Crippen LogP contribution >= 0.6 is 0 Å². The van der Waals surface area contributed by atoms with Crippen molar-refractivity contribution >= 4 is 11.9 Å². The van der Waals surface area contributed by atoms with Gasteiger partial charge in [-0.05, 0) is 38.5 Å². The SMILES string of the molecule is CCOC(=O)CCN(C(=O)c1cccc(OC)c1)C(C)CC. The van der Waals surface area contributed by atoms with Crippen molar-refractivity contribution in [3.63, 3.8) is 0 Å². The lowest BCUT2D eigenvalue weighted by molar-refractivity contribution is -0.143. The number of benzene rings is 1. The number of carbonyl (C=O) groups is 2. The summed E-state index contributed by atoms with van der Waals surface area (Å²) in [4.78, 5) is 26.0. The van der Waals surface area contributed by atoms with E-state index in [0.717, 1.165) is 6.42 Å². The zero-order chi connectivity index (χ0) is 16.5. The van der Waals surface area contributed by atoms with Crippen LogP contribution in [0.2, 0.25) is 0 Å². The molecule has 0 saturated heterocycles. The van der Waals surface area contributed by atoms with E-state index in [1.807, 2.05) is 13.8 Å². The number of nitrogens with zero attached hydrogens (tertiary/aromatic N) is 1. The molecule has 0 radical (unpaired) electrons. The highest BCUT2D eigenvalue weighted by molar-refractivity contribution is 5.95. The lowest BCUT2D eigenvalue weighted by Gasteiger charge is -2.28. The summed E-state index contributed by atoms with van der Waals surface area (Å²) in [5.41, 5.74) is 0.559. The highest BCUT2D eigenvalue weighted by Gasteiger charge is 2.21. The second kappa shape index (κ2) is 9.07. The number of hydrogen-bond acceptors (Lipinski definition) is 4. The van der Waals surface area contributed by atoms with Gasteiger partial charge in [-0.1, -0.05) is 13.0 Å². The maximum atomic E-state index is 12.7. The van der Waals surface area contributed by atoms with Crippen LogP contribution in [0.25, 0.3) is 0 Å². The minimum Gasteiger partial charge on any atom is -0.497 e. The highest BCUT2D eigenvalue weighted by atomic mass is 16.5. The third-order valence-corrected chi connectivity index (χ3v) is 3.56. The topological polar surface area (TPSA) is 55.8 Å². The van der Waals surface area contributed by atoms with Crippen LogP contribution < -0.4 is 4.74 Å². The molecule has 5 heteroatoms. The van der Waals surface area contributed by atoms with E-state index in [2.05, 4.69) is 0 Å². The number of hydrogen-bond donors (Lipinski definition) is 0. The molecule has 0 N–H and O–H groups in total. The van der Waals surface area contributed by atoms with Crippen LogP contribution in [0, 0.1) is 0 Å². The van der Waals surface area contributed by atoms with Gasteiger partial charge < -0.3 is 14.4 Å². The third-order valence-electron chi connectivity index (χ3n) is 3.56. The predicted octanol–water partition coefficient (Wildman–Crippen LogP) is 2.89. The molecule has 0 fully saturated rings. The Labute approximate surface area is 132 Å². The van der Waals surface area contributed by atoms with Crippen LogP contribution in [0.1, 0.15) is 44.0 Å². The second-order valence-corrected chi connectivity index (χ2v) is 5.04. The zero-order valence-corrected chi connectivity index (χ0v) is 13.8. The molecule has 122 valence electrons. The first-order valence-electron chi connectivity index (χ1n) is 7.64. The Morgan fingerprint density at radius 2 is 2.00 bits per heavy atom. The van der Waals surface area contributed by atoms with Crippen LogP contribution in [0.3, 0.4) is 0 Å². The molecule has 1 amide bonds. The van der Waals surface area contributed by atoms with Crippen molar-refractivity contribution in [1.82, 2.24) is 4.90 Å². The number of esters is 1. The van der Waals surface area contributed by atoms with Crippen LogP contribution in [0.4, 0.5) is 0 Å². The number of amides is 1. The molecule has 0 aromatic heterocycles. The zero-order valence-electron chi connectivity index (χ0n) is 13.8. The fourth-order valence-electron chi connectivity index (χ4n) is 2.11. The number of carbonyl (C=O) groups excluding carboxylic acids is 2. The fourth-order valence-corrected chi connectivity index (χ4v) is 2.11. The Kier molecular flexibility index (Phi) is 7.43. The minimum absolute atomic E-state index is 0.0492. The van der Waals surface area contributed by atoms with Gasteiger partial charge >= 0.3 is 5.97 Å². The van der Waals surface area contributed by atoms with E-state index in [1.165, 1.54) is 0 Å². The van der Waals surface area contributed by atoms with Crippen molar-refractivity contribution < 1.29 is 19.1 Å². The van der Waals surface area contributed by atoms with Gasteiger partial charge in [-0.15, -0.1) is 0 Å². The number of methoxy groups -OCH3 is 1. The molecule has 0 aliphatic carbocycles. The maximum absolute atomic E-state index is 12.7. The molecule has 1 rings (SSSR count). The summed E-state index contributed by atoms with van der Waals surface area (Å²) in [6, 6.07) is 7.09. The Morgan fingerprint density at radius 1 is 1.27 bits per heavy atom. The van der Waals surface area contributed by atoms with E-state index in [1.54, 1.807) is 43.2 Å². The smallest absolute Gasteiger partial charge is 0.307 e. The number of ether oxygens (including phenoxy) is 2. The first-order valence-corrected chi connectivity index (χ1v) is 7.64. The Bertz CT molecular complexity index is 501. The first-order chi connectivity index (χ1) is 10.5. The average Bonchev–Trinajstić information content (AvgIpc) is 2.54. The van der Waals surface area contributed by atoms with Crippen molar-refractivity contribution in [2.24, 2.45) is 0 Å². The van der Waals surface area contributed by atoms with E-state index in [9.17, 15) is 9.59 Å². The predicted molar refractivity (Wildman–Crippen MR) is 85.0 cm³/mol. The molecule has 1 atom stereocenters. The molecule has 0 aliphatic rings. The summed E-state index contributed by atoms with van der Waals surface area (Å²) < 4.78 is 10.1. The molecule has 0 saturated carbocycles. The van der Waals surface area contributed by atoms with Gasteiger partial charge in [0.25, 0.3) is 5.91 Å². The standard InChI is InChI=1S/C17H25NO4/c1-5-13(3)18(11-10-16(19)22-6-2)17(20)14-8-7-9-15(12-14)21-4/h7-9,12-13H,5-6,10-11H2,1-4H3. The first kappa shape index (κ1) is 18.0. The third kappa shape index (κ3) is 5.06. The molecular formula is C17H25NO4. The largest absolute Gasteiger partial charge is 0.497 e. The van der Waals surface area contributed by atoms with Gasteiger partial charge in [0, 0.05) is 18.2 Å². The summed E-state index contributed by atoms with van der Waals surface area (Å²) in [7, 11) is 1.57. The van der Waals surface area contributed by atoms with E-state index >= 15 is 0 Å². The average molecular weight is 307 g/mol. The van der Waals surface area contributed by atoms with Crippen molar-refractivity contribution in [3.8, 4) is 5.75 Å². The lowest BCUT2D eigenvalue weighted by Crippen LogP contribution is -2.39. The Balaban J connectivity index is 2.85. The molecular weight excluding hydrogens is 282 g/mol. The van der Waals surface area contributed by atoms with Gasteiger partial charge in [-0.2, -0.15) is 0 Å². The highest BCUT2D eigenvalue weighted by Crippen LogP contribution is 2.17. The monoisotopic (exact) mass is 307 g/mol. The lowest BCUT2D eigenvalue weighted by atomic mass is 10.1. The molecule has 1 aromatic carbocycles. The fraction of sp³-hybridized carbons (Fsp3) is 0.529. The molecule has 0 spiro atoms. The molecule has 0 bridgehead atoms. The van der Waals surface area contributed by atoms with Gasteiger partial charge in [-0.25, -0.2) is 0 Å². The molecule has 0 aliphatic heterocycles. The summed E-state index contributed by atoms with van der Waals surface area (Å²) >= 11 is 0. The number of rotatable bonds is 8. The molecule has 22 heavy (non-hydrogen) atoms. The maximum Gasteiger partial charge on any atom is 0.307 e. The van der Waals surface area contributed by atoms with Crippen LogP contribution in [0.5, 0.6) is 5.75 Å². The van der Waals surface area contributed by atoms with Crippen molar-refractivity contribution in [3.05, 3.63) is 29.8 Å². The van der Waals surface area contributed by atoms with E-state index < -0.39 is 0 Å². The van der Waals surface area contributed by atoms with Gasteiger partial charge in [0.2, 0.25) is 0 Å². The summed E-state index contributed by atoms with van der Waals surface area (Å²) in [6.45, 7) is 6.46. The minimum atomic E-state index is -0.283. The van der Waals surface area contributed by atoms with Crippen LogP contribution in [-0.2, 0) is 9.53 Å². The quantitative estimate of drug-likeness (QED) is 0.693. The van der Waals surface area contributed by atoms with Crippen LogP contribution in [0.15, 0.2) is 24.3 Å². The molecule has 1 aromatic rings. The van der Waals surface area contributed by atoms with Crippen molar-refractivity contribution in [2.45, 2.75) is 39.7 Å². The van der Waals surface area contributed by atoms with Crippen molar-refractivity contribution in [1.29, 1.82) is 0 Å². The summed E-state index contributed by atoms with van der Waals surface area (Å²) in [6.07, 6.45) is 1.02. The molecule has 1 unspecified atom stereocenters. The van der Waals surface area contributed by atoms with Crippen LogP contribution in [-0.4, -0.2) is 43.1 Å². The normalized spacial score (nSPS) is 11.6. The van der Waals surface area contributed by atoms with E-state index in [4.69, 9.17) is 9.47 Å². The van der Waals surface area contributed by atoms with Gasteiger partial charge in [0.05, 0.1) is 20.1 Å². The summed E-state index contributed by atoms with van der Waals surface area (Å²) in [5, 5.41) is 0. The van der Waals surface area contributed by atoms with E-state index in [0.29, 0.717) is 24.5 Å². The van der Waals surface area contributed by atoms with Crippen molar-refractivity contribution in [2.75, 3.05) is 20.3 Å². The summed E-state index contributed by atoms with van der Waals surface area (Å²) in [5.74, 6) is 0.257. The second-order valence-electron chi connectivity index (χ2n) is 5.04. The Hall–Kier alpha value is -2.04. The van der Waals surface area contributed by atoms with Gasteiger partial charge in [-0.3, -0.25) is 9.59 Å². The molecule has 0 heterocycles. The molecule has 5 nitrogen and oxygen atoms in total. The van der Waals surface area contributed by atoms with Gasteiger partial charge in [0.15, 0.2) is 0 Å². The Morgan fingerprint density at radius 3 is 2.59 bits per heavy atom. The van der Waals surface area contributed by atoms with Gasteiger partial charge in [0.1, 0.15) is 5.75 Å². The van der Waals surface area contributed by atoms with E-state index in [-0.39, 0.29) is 24.3 Å².